The molecule has 30 heavy (non-hydrogen) atoms. The van der Waals surface area contributed by atoms with Crippen molar-refractivity contribution >= 4 is 41.5 Å². The fourth-order valence-corrected chi connectivity index (χ4v) is 3.13. The molecule has 162 valence electrons. The molecule has 0 atom stereocenters. The fraction of sp³-hybridized carbons (Fsp3) is 0.364. The van der Waals surface area contributed by atoms with E-state index in [9.17, 15) is 4.79 Å². The van der Waals surface area contributed by atoms with E-state index in [4.69, 9.17) is 9.47 Å². The number of guanidine groups is 1. The minimum atomic E-state index is 0. The number of ether oxygens (including phenoxy) is 2. The van der Waals surface area contributed by atoms with Crippen LogP contribution in [-0.2, 0) is 11.3 Å². The van der Waals surface area contributed by atoms with Crippen molar-refractivity contribution in [3.05, 3.63) is 54.1 Å². The van der Waals surface area contributed by atoms with Crippen LogP contribution in [0.15, 0.2) is 53.5 Å². The van der Waals surface area contributed by atoms with Gasteiger partial charge in [-0.05, 0) is 48.4 Å². The van der Waals surface area contributed by atoms with Gasteiger partial charge in [0.25, 0.3) is 0 Å². The highest BCUT2D eigenvalue weighted by atomic mass is 127. The first-order valence-electron chi connectivity index (χ1n) is 9.80. The Hall–Kier alpha value is -2.49. The van der Waals surface area contributed by atoms with E-state index >= 15 is 0 Å². The number of hydrogen-bond donors (Lipinski definition) is 2. The van der Waals surface area contributed by atoms with Gasteiger partial charge in [0.1, 0.15) is 18.1 Å². The Morgan fingerprint density at radius 3 is 2.37 bits per heavy atom. The van der Waals surface area contributed by atoms with Crippen molar-refractivity contribution in [3.8, 4) is 11.5 Å². The van der Waals surface area contributed by atoms with Crippen LogP contribution in [0.3, 0.4) is 0 Å². The van der Waals surface area contributed by atoms with Gasteiger partial charge in [-0.2, -0.15) is 0 Å². The molecule has 0 aromatic heterocycles. The summed E-state index contributed by atoms with van der Waals surface area (Å²) in [7, 11) is 3.38. The van der Waals surface area contributed by atoms with Crippen LogP contribution < -0.4 is 25.0 Å². The first-order valence-corrected chi connectivity index (χ1v) is 9.80. The largest absolute Gasteiger partial charge is 0.497 e. The quantitative estimate of drug-likeness (QED) is 0.240. The predicted molar refractivity (Wildman–Crippen MR) is 130 cm³/mol. The molecule has 8 heteroatoms. The van der Waals surface area contributed by atoms with Gasteiger partial charge in [0.2, 0.25) is 5.91 Å². The van der Waals surface area contributed by atoms with Crippen molar-refractivity contribution in [2.24, 2.45) is 4.99 Å². The van der Waals surface area contributed by atoms with Crippen LogP contribution in [0.4, 0.5) is 5.69 Å². The molecule has 2 N–H and O–H groups in total. The normalized spacial score (nSPS) is 13.6. The van der Waals surface area contributed by atoms with E-state index in [0.29, 0.717) is 32.1 Å². The van der Waals surface area contributed by atoms with Crippen molar-refractivity contribution in [1.82, 2.24) is 10.6 Å². The topological polar surface area (TPSA) is 75.2 Å². The van der Waals surface area contributed by atoms with E-state index < -0.39 is 0 Å². The number of benzene rings is 2. The molecular formula is C22H29IN4O3. The second-order valence-corrected chi connectivity index (χ2v) is 6.69. The lowest BCUT2D eigenvalue weighted by Gasteiger charge is -2.16. The molecule has 2 aromatic rings. The number of aliphatic imine (C=N–C) groups is 1. The number of rotatable bonds is 8. The van der Waals surface area contributed by atoms with Crippen molar-refractivity contribution in [1.29, 1.82) is 0 Å². The molecule has 0 unspecified atom stereocenters. The number of nitrogens with zero attached hydrogens (tertiary/aromatic N) is 2. The third-order valence-electron chi connectivity index (χ3n) is 4.73. The number of anilines is 1. The molecule has 1 amide bonds. The summed E-state index contributed by atoms with van der Waals surface area (Å²) in [4.78, 5) is 17.9. The van der Waals surface area contributed by atoms with Gasteiger partial charge in [-0.3, -0.25) is 9.79 Å². The van der Waals surface area contributed by atoms with Crippen LogP contribution >= 0.6 is 24.0 Å². The van der Waals surface area contributed by atoms with Gasteiger partial charge in [0.05, 0.1) is 13.7 Å². The summed E-state index contributed by atoms with van der Waals surface area (Å²) in [6.45, 7) is 2.60. The third-order valence-corrected chi connectivity index (χ3v) is 4.73. The van der Waals surface area contributed by atoms with Gasteiger partial charge in [0, 0.05) is 32.2 Å². The fourth-order valence-electron chi connectivity index (χ4n) is 3.13. The molecular weight excluding hydrogens is 495 g/mol. The lowest BCUT2D eigenvalue weighted by atomic mass is 10.2. The average Bonchev–Trinajstić information content (AvgIpc) is 3.20. The lowest BCUT2D eigenvalue weighted by Crippen LogP contribution is -2.38. The zero-order valence-corrected chi connectivity index (χ0v) is 19.7. The van der Waals surface area contributed by atoms with Gasteiger partial charge in [-0.25, -0.2) is 0 Å². The van der Waals surface area contributed by atoms with Gasteiger partial charge in [0.15, 0.2) is 5.96 Å². The zero-order valence-electron chi connectivity index (χ0n) is 17.4. The van der Waals surface area contributed by atoms with Crippen LogP contribution in [0, 0.1) is 0 Å². The highest BCUT2D eigenvalue weighted by Gasteiger charge is 2.21. The summed E-state index contributed by atoms with van der Waals surface area (Å²) < 4.78 is 10.8. The van der Waals surface area contributed by atoms with Crippen molar-refractivity contribution in [2.45, 2.75) is 19.4 Å². The Balaban J connectivity index is 0.00000320. The molecule has 0 radical (unpaired) electrons. The maximum absolute atomic E-state index is 11.8. The van der Waals surface area contributed by atoms with Crippen LogP contribution in [0.5, 0.6) is 11.5 Å². The van der Waals surface area contributed by atoms with Gasteiger partial charge in [-0.1, -0.05) is 12.1 Å². The first kappa shape index (κ1) is 23.8. The van der Waals surface area contributed by atoms with Crippen molar-refractivity contribution in [2.75, 3.05) is 38.8 Å². The van der Waals surface area contributed by atoms with Crippen LogP contribution in [0.25, 0.3) is 0 Å². The average molecular weight is 524 g/mol. The summed E-state index contributed by atoms with van der Waals surface area (Å²) in [6, 6.07) is 15.6. The molecule has 1 saturated heterocycles. The number of carbonyl (C=O) groups excluding carboxylic acids is 1. The summed E-state index contributed by atoms with van der Waals surface area (Å²) in [5.74, 6) is 2.52. The zero-order chi connectivity index (χ0) is 20.5. The molecule has 1 fully saturated rings. The number of carbonyl (C=O) groups is 1. The number of nitrogens with one attached hydrogen (secondary N) is 2. The Morgan fingerprint density at radius 1 is 1.07 bits per heavy atom. The second kappa shape index (κ2) is 12.3. The lowest BCUT2D eigenvalue weighted by molar-refractivity contribution is -0.117. The Kier molecular flexibility index (Phi) is 9.72. The maximum Gasteiger partial charge on any atom is 0.227 e. The van der Waals surface area contributed by atoms with Gasteiger partial charge >= 0.3 is 0 Å². The second-order valence-electron chi connectivity index (χ2n) is 6.69. The molecule has 0 saturated carbocycles. The van der Waals surface area contributed by atoms with Crippen LogP contribution in [0.1, 0.15) is 18.4 Å². The number of methoxy groups -OCH3 is 1. The standard InChI is InChI=1S/C22H28N4O3.HI/c1-23-22(24-13-15-29-20-11-9-19(28-2)10-12-20)25-16-17-5-7-18(8-6-17)26-14-3-4-21(26)27;/h5-12H,3-4,13-16H2,1-2H3,(H2,23,24,25);1H. The summed E-state index contributed by atoms with van der Waals surface area (Å²) in [5, 5.41) is 6.51. The molecule has 1 heterocycles. The minimum absolute atomic E-state index is 0. The smallest absolute Gasteiger partial charge is 0.227 e. The third kappa shape index (κ3) is 6.79. The van der Waals surface area contributed by atoms with E-state index in [0.717, 1.165) is 35.7 Å². The molecule has 0 spiro atoms. The monoisotopic (exact) mass is 524 g/mol. The number of halogens is 1. The van der Waals surface area contributed by atoms with E-state index in [1.807, 2.05) is 53.4 Å². The summed E-state index contributed by atoms with van der Waals surface area (Å²) in [5.41, 5.74) is 2.09. The highest BCUT2D eigenvalue weighted by molar-refractivity contribution is 14.0. The van der Waals surface area contributed by atoms with E-state index in [1.54, 1.807) is 14.2 Å². The maximum atomic E-state index is 11.8. The van der Waals surface area contributed by atoms with Crippen molar-refractivity contribution in [3.63, 3.8) is 0 Å². The molecule has 1 aliphatic heterocycles. The van der Waals surface area contributed by atoms with E-state index in [1.165, 1.54) is 0 Å². The molecule has 3 rings (SSSR count). The summed E-state index contributed by atoms with van der Waals surface area (Å²) >= 11 is 0. The minimum Gasteiger partial charge on any atom is -0.497 e. The Morgan fingerprint density at radius 2 is 1.77 bits per heavy atom. The molecule has 2 aromatic carbocycles. The van der Waals surface area contributed by atoms with E-state index in [2.05, 4.69) is 15.6 Å². The SMILES string of the molecule is CN=C(NCCOc1ccc(OC)cc1)NCc1ccc(N2CCCC2=O)cc1.I. The Labute approximate surface area is 194 Å². The molecule has 0 aliphatic carbocycles. The summed E-state index contributed by atoms with van der Waals surface area (Å²) in [6.07, 6.45) is 1.58. The first-order chi connectivity index (χ1) is 14.2. The Bertz CT molecular complexity index is 825. The van der Waals surface area contributed by atoms with Crippen molar-refractivity contribution < 1.29 is 14.3 Å². The number of amides is 1. The molecule has 0 bridgehead atoms. The van der Waals surface area contributed by atoms with E-state index in [-0.39, 0.29) is 29.9 Å². The highest BCUT2D eigenvalue weighted by Crippen LogP contribution is 2.21. The van der Waals surface area contributed by atoms with Gasteiger partial charge < -0.3 is 25.0 Å². The molecule has 1 aliphatic rings. The van der Waals surface area contributed by atoms with Gasteiger partial charge in [-0.15, -0.1) is 24.0 Å². The number of hydrogen-bond acceptors (Lipinski definition) is 4. The predicted octanol–water partition coefficient (Wildman–Crippen LogP) is 3.18. The van der Waals surface area contributed by atoms with Crippen LogP contribution in [-0.4, -0.2) is 45.7 Å². The molecule has 7 nitrogen and oxygen atoms in total. The van der Waals surface area contributed by atoms with Crippen LogP contribution in [0.2, 0.25) is 0 Å².